The molecule has 8 heteroatoms. The Hall–Kier alpha value is -0.180. The van der Waals surface area contributed by atoms with Crippen molar-refractivity contribution in [1.82, 2.24) is 9.97 Å². The van der Waals surface area contributed by atoms with Crippen LogP contribution in [0.25, 0.3) is 0 Å². The number of hydrogen-bond acceptors (Lipinski definition) is 7. The zero-order valence-corrected chi connectivity index (χ0v) is 14.0. The van der Waals surface area contributed by atoms with Crippen LogP contribution in [0.4, 0.5) is 0 Å². The second-order valence-electron chi connectivity index (χ2n) is 3.76. The summed E-state index contributed by atoms with van der Waals surface area (Å²) in [5.41, 5.74) is 1.01. The Morgan fingerprint density at radius 1 is 1.42 bits per heavy atom. The number of rotatable bonds is 4. The number of thioether (sulfide) groups is 1. The Kier molecular flexibility index (Phi) is 6.72. The average molecular weight is 292 g/mol. The first-order chi connectivity index (χ1) is 8.61. The van der Waals surface area contributed by atoms with Crippen LogP contribution in [0.15, 0.2) is 5.03 Å². The van der Waals surface area contributed by atoms with Crippen LogP contribution in [0.3, 0.4) is 0 Å². The first-order valence-electron chi connectivity index (χ1n) is 5.46. The van der Waals surface area contributed by atoms with Gasteiger partial charge in [-0.15, -0.1) is 11.8 Å². The fourth-order valence-corrected chi connectivity index (χ4v) is 2.46. The average Bonchev–Trinajstić information content (AvgIpc) is 2.80. The van der Waals surface area contributed by atoms with Crippen LogP contribution in [-0.2, 0) is 20.7 Å². The van der Waals surface area contributed by atoms with Crippen LogP contribution in [-0.4, -0.2) is 35.4 Å². The van der Waals surface area contributed by atoms with Crippen molar-refractivity contribution < 1.29 is 48.9 Å². The standard InChI is InChI=1S/C11H14N2O4S.Na/c1-6-12-7(5-8(14)15)9(10(13-6)18-2)11-16-3-4-17-11;/h11H,3-5H2,1-2H3,(H,14,15);/q;+1/p-1. The number of nitrogens with zero attached hydrogens (tertiary/aromatic N) is 2. The molecular formula is C11H13N2NaO4S. The van der Waals surface area contributed by atoms with Gasteiger partial charge < -0.3 is 19.4 Å². The van der Waals surface area contributed by atoms with Gasteiger partial charge in [-0.25, -0.2) is 9.97 Å². The van der Waals surface area contributed by atoms with Gasteiger partial charge in [0.1, 0.15) is 10.9 Å². The minimum Gasteiger partial charge on any atom is -0.550 e. The van der Waals surface area contributed by atoms with E-state index in [4.69, 9.17) is 9.47 Å². The van der Waals surface area contributed by atoms with E-state index in [1.54, 1.807) is 6.92 Å². The maximum absolute atomic E-state index is 10.8. The van der Waals surface area contributed by atoms with Crippen molar-refractivity contribution in [2.24, 2.45) is 0 Å². The number of hydrogen-bond donors (Lipinski definition) is 0. The van der Waals surface area contributed by atoms with Crippen LogP contribution in [0, 0.1) is 6.92 Å². The third-order valence-electron chi connectivity index (χ3n) is 2.46. The summed E-state index contributed by atoms with van der Waals surface area (Å²) in [6, 6.07) is 0. The SMILES string of the molecule is CSc1nc(C)nc(CC(=O)[O-])c1C1OCCO1.[Na+]. The quantitative estimate of drug-likeness (QED) is 0.329. The summed E-state index contributed by atoms with van der Waals surface area (Å²) in [5.74, 6) is -0.656. The molecule has 1 aromatic rings. The summed E-state index contributed by atoms with van der Waals surface area (Å²) >= 11 is 1.41. The molecule has 6 nitrogen and oxygen atoms in total. The molecule has 1 aromatic heterocycles. The van der Waals surface area contributed by atoms with Gasteiger partial charge in [0, 0.05) is 12.4 Å². The minimum absolute atomic E-state index is 0. The second-order valence-corrected chi connectivity index (χ2v) is 4.56. The number of aromatic nitrogens is 2. The van der Waals surface area contributed by atoms with E-state index in [-0.39, 0.29) is 36.0 Å². The molecule has 1 fully saturated rings. The molecular weight excluding hydrogens is 279 g/mol. The van der Waals surface area contributed by atoms with E-state index >= 15 is 0 Å². The molecule has 0 saturated carbocycles. The van der Waals surface area contributed by atoms with E-state index in [0.717, 1.165) is 0 Å². The van der Waals surface area contributed by atoms with Gasteiger partial charge in [-0.05, 0) is 13.2 Å². The predicted molar refractivity (Wildman–Crippen MR) is 61.9 cm³/mol. The fourth-order valence-electron chi connectivity index (χ4n) is 1.80. The molecule has 2 heterocycles. The molecule has 0 unspecified atom stereocenters. The summed E-state index contributed by atoms with van der Waals surface area (Å²) in [7, 11) is 0. The second kappa shape index (κ2) is 7.56. The van der Waals surface area contributed by atoms with Crippen molar-refractivity contribution >= 4 is 17.7 Å². The van der Waals surface area contributed by atoms with E-state index < -0.39 is 12.3 Å². The summed E-state index contributed by atoms with van der Waals surface area (Å²) in [6.45, 7) is 2.69. The van der Waals surface area contributed by atoms with Crippen molar-refractivity contribution in [1.29, 1.82) is 0 Å². The van der Waals surface area contributed by atoms with E-state index in [2.05, 4.69) is 9.97 Å². The normalized spacial score (nSPS) is 15.3. The molecule has 0 spiro atoms. The smallest absolute Gasteiger partial charge is 0.550 e. The van der Waals surface area contributed by atoms with E-state index in [1.807, 2.05) is 6.26 Å². The molecule has 0 atom stereocenters. The molecule has 0 aliphatic carbocycles. The van der Waals surface area contributed by atoms with Gasteiger partial charge in [0.2, 0.25) is 0 Å². The van der Waals surface area contributed by atoms with Gasteiger partial charge in [-0.1, -0.05) is 0 Å². The molecule has 0 N–H and O–H groups in total. The van der Waals surface area contributed by atoms with Crippen molar-refractivity contribution in [3.8, 4) is 0 Å². The van der Waals surface area contributed by atoms with Gasteiger partial charge in [0.05, 0.1) is 24.5 Å². The number of carbonyl (C=O) groups is 1. The number of carbonyl (C=O) groups excluding carboxylic acids is 1. The molecule has 0 radical (unpaired) electrons. The van der Waals surface area contributed by atoms with Gasteiger partial charge >= 0.3 is 29.6 Å². The molecule has 1 aliphatic rings. The molecule has 1 aliphatic heterocycles. The Morgan fingerprint density at radius 3 is 2.58 bits per heavy atom. The van der Waals surface area contributed by atoms with E-state index in [0.29, 0.717) is 35.3 Å². The number of aliphatic carboxylic acids is 1. The number of carboxylic acids is 1. The van der Waals surface area contributed by atoms with E-state index in [9.17, 15) is 9.90 Å². The third kappa shape index (κ3) is 4.14. The Bertz CT molecular complexity index is 466. The molecule has 1 saturated heterocycles. The Morgan fingerprint density at radius 2 is 2.05 bits per heavy atom. The number of carboxylic acid groups (broad SMARTS) is 1. The predicted octanol–water partition coefficient (Wildman–Crippen LogP) is -3.15. The van der Waals surface area contributed by atoms with Crippen LogP contribution in [0.5, 0.6) is 0 Å². The van der Waals surface area contributed by atoms with Crippen molar-refractivity contribution in [2.45, 2.75) is 24.7 Å². The first-order valence-corrected chi connectivity index (χ1v) is 6.68. The molecule has 0 bridgehead atoms. The largest absolute Gasteiger partial charge is 1.00 e. The number of ether oxygens (including phenoxy) is 2. The third-order valence-corrected chi connectivity index (χ3v) is 3.16. The van der Waals surface area contributed by atoms with Crippen molar-refractivity contribution in [3.05, 3.63) is 17.1 Å². The molecule has 98 valence electrons. The summed E-state index contributed by atoms with van der Waals surface area (Å²) in [6.07, 6.45) is 1.01. The van der Waals surface area contributed by atoms with Crippen LogP contribution >= 0.6 is 11.8 Å². The molecule has 0 aromatic carbocycles. The zero-order chi connectivity index (χ0) is 13.1. The first kappa shape index (κ1) is 16.9. The molecule has 2 rings (SSSR count). The molecule has 0 amide bonds. The van der Waals surface area contributed by atoms with Crippen LogP contribution in [0.1, 0.15) is 23.4 Å². The fraction of sp³-hybridized carbons (Fsp3) is 0.545. The summed E-state index contributed by atoms with van der Waals surface area (Å²) in [5, 5.41) is 11.5. The summed E-state index contributed by atoms with van der Waals surface area (Å²) in [4.78, 5) is 19.2. The van der Waals surface area contributed by atoms with Gasteiger partial charge in [-0.3, -0.25) is 0 Å². The van der Waals surface area contributed by atoms with E-state index in [1.165, 1.54) is 11.8 Å². The van der Waals surface area contributed by atoms with Crippen LogP contribution in [0.2, 0.25) is 0 Å². The molecule has 19 heavy (non-hydrogen) atoms. The monoisotopic (exact) mass is 292 g/mol. The summed E-state index contributed by atoms with van der Waals surface area (Å²) < 4.78 is 10.8. The Balaban J connectivity index is 0.00000180. The minimum atomic E-state index is -1.18. The maximum atomic E-state index is 10.8. The van der Waals surface area contributed by atoms with Gasteiger partial charge in [-0.2, -0.15) is 0 Å². The van der Waals surface area contributed by atoms with Crippen molar-refractivity contribution in [2.75, 3.05) is 19.5 Å². The topological polar surface area (TPSA) is 84.4 Å². The Labute approximate surface area is 137 Å². The van der Waals surface area contributed by atoms with Gasteiger partial charge in [0.25, 0.3) is 0 Å². The van der Waals surface area contributed by atoms with Crippen molar-refractivity contribution in [3.63, 3.8) is 0 Å². The number of aryl methyl sites for hydroxylation is 1. The van der Waals surface area contributed by atoms with Gasteiger partial charge in [0.15, 0.2) is 6.29 Å². The zero-order valence-electron chi connectivity index (χ0n) is 11.1. The van der Waals surface area contributed by atoms with Crippen LogP contribution < -0.4 is 34.7 Å². The maximum Gasteiger partial charge on any atom is 1.00 e.